The van der Waals surface area contributed by atoms with Gasteiger partial charge in [0, 0.05) is 18.1 Å². The zero-order valence-corrected chi connectivity index (χ0v) is 15.5. The molecule has 0 radical (unpaired) electrons. The number of hydrogen-bond donors (Lipinski definition) is 1. The number of hydrogen-bond acceptors (Lipinski definition) is 3. The fraction of sp³-hybridized carbons (Fsp3) is 0.316. The number of nitrogens with one attached hydrogen (secondary N) is 1. The second kappa shape index (κ2) is 9.60. The summed E-state index contributed by atoms with van der Waals surface area (Å²) in [5, 5.41) is 3.40. The van der Waals surface area contributed by atoms with Crippen LogP contribution < -0.4 is 10.1 Å². The number of benzene rings is 2. The van der Waals surface area contributed by atoms with E-state index < -0.39 is 6.10 Å². The van der Waals surface area contributed by atoms with Crippen LogP contribution in [0.4, 0.5) is 0 Å². The van der Waals surface area contributed by atoms with E-state index in [1.165, 1.54) is 11.1 Å². The van der Waals surface area contributed by atoms with Crippen LogP contribution in [0.5, 0.6) is 5.75 Å². The Hall–Kier alpha value is -1.65. The molecule has 2 aromatic rings. The molecule has 1 atom stereocenters. The maximum Gasteiger partial charge on any atom is 0.260 e. The largest absolute Gasteiger partial charge is 0.479 e. The Bertz CT molecular complexity index is 661. The number of carbonyl (C=O) groups excluding carboxylic acids is 1. The highest BCUT2D eigenvalue weighted by atomic mass is 35.5. The summed E-state index contributed by atoms with van der Waals surface area (Å²) >= 11 is 7.82. The van der Waals surface area contributed by atoms with E-state index in [0.717, 1.165) is 11.5 Å². The summed E-state index contributed by atoms with van der Waals surface area (Å²) in [5.74, 6) is 2.20. The molecule has 0 aliphatic carbocycles. The number of ether oxygens (including phenoxy) is 1. The summed E-state index contributed by atoms with van der Waals surface area (Å²) in [5.41, 5.74) is 2.57. The number of aryl methyl sites for hydroxylation is 1. The number of halogens is 1. The minimum absolute atomic E-state index is 0.133. The molecule has 0 aliphatic rings. The van der Waals surface area contributed by atoms with Crippen molar-refractivity contribution in [1.82, 2.24) is 5.32 Å². The van der Waals surface area contributed by atoms with Crippen LogP contribution in [0.25, 0.3) is 0 Å². The molecule has 2 rings (SSSR count). The minimum Gasteiger partial charge on any atom is -0.479 e. The average Bonchev–Trinajstić information content (AvgIpc) is 2.58. The van der Waals surface area contributed by atoms with Gasteiger partial charge in [0.15, 0.2) is 6.10 Å². The smallest absolute Gasteiger partial charge is 0.260 e. The van der Waals surface area contributed by atoms with E-state index in [1.807, 2.05) is 12.1 Å². The van der Waals surface area contributed by atoms with Crippen LogP contribution in [0.15, 0.2) is 48.5 Å². The Balaban J connectivity index is 1.65. The van der Waals surface area contributed by atoms with Crippen molar-refractivity contribution in [3.05, 3.63) is 64.7 Å². The van der Waals surface area contributed by atoms with E-state index in [0.29, 0.717) is 17.3 Å². The molecule has 0 bridgehead atoms. The number of amides is 1. The lowest BCUT2D eigenvalue weighted by atomic mass is 10.2. The third-order valence-corrected chi connectivity index (χ3v) is 4.79. The van der Waals surface area contributed by atoms with Crippen LogP contribution in [0, 0.1) is 6.92 Å². The molecule has 0 saturated heterocycles. The highest BCUT2D eigenvalue weighted by Crippen LogP contribution is 2.24. The molecular formula is C19H22ClNO2S. The van der Waals surface area contributed by atoms with E-state index >= 15 is 0 Å². The van der Waals surface area contributed by atoms with Crippen molar-refractivity contribution in [3.8, 4) is 5.75 Å². The van der Waals surface area contributed by atoms with Gasteiger partial charge in [-0.15, -0.1) is 0 Å². The number of thioether (sulfide) groups is 1. The maximum atomic E-state index is 12.0. The molecule has 0 aromatic heterocycles. The molecule has 0 spiro atoms. The van der Waals surface area contributed by atoms with Gasteiger partial charge < -0.3 is 10.1 Å². The lowest BCUT2D eigenvalue weighted by Crippen LogP contribution is -2.37. The molecule has 1 amide bonds. The van der Waals surface area contributed by atoms with E-state index in [-0.39, 0.29) is 5.91 Å². The highest BCUT2D eigenvalue weighted by Gasteiger charge is 2.15. The van der Waals surface area contributed by atoms with Crippen LogP contribution in [-0.4, -0.2) is 24.3 Å². The third-order valence-electron chi connectivity index (χ3n) is 3.44. The van der Waals surface area contributed by atoms with Crippen molar-refractivity contribution >= 4 is 29.3 Å². The highest BCUT2D eigenvalue weighted by molar-refractivity contribution is 7.98. The minimum atomic E-state index is -0.577. The zero-order valence-electron chi connectivity index (χ0n) is 13.9. The lowest BCUT2D eigenvalue weighted by Gasteiger charge is -2.15. The molecule has 24 heavy (non-hydrogen) atoms. The summed E-state index contributed by atoms with van der Waals surface area (Å²) in [7, 11) is 0. The molecule has 0 heterocycles. The van der Waals surface area contributed by atoms with Crippen LogP contribution in [0.2, 0.25) is 5.02 Å². The van der Waals surface area contributed by atoms with Gasteiger partial charge >= 0.3 is 0 Å². The molecule has 0 saturated carbocycles. The summed E-state index contributed by atoms with van der Waals surface area (Å²) in [6, 6.07) is 15.7. The predicted molar refractivity (Wildman–Crippen MR) is 102 cm³/mol. The van der Waals surface area contributed by atoms with Crippen molar-refractivity contribution in [2.45, 2.75) is 25.7 Å². The van der Waals surface area contributed by atoms with Crippen molar-refractivity contribution < 1.29 is 9.53 Å². The fourth-order valence-corrected chi connectivity index (χ4v) is 3.05. The Morgan fingerprint density at radius 1 is 1.21 bits per heavy atom. The summed E-state index contributed by atoms with van der Waals surface area (Å²) in [6.07, 6.45) is -0.577. The van der Waals surface area contributed by atoms with Crippen molar-refractivity contribution in [2.75, 3.05) is 12.3 Å². The SMILES string of the molecule is Cc1ccc(CSCCNC(=O)[C@H](C)Oc2ccccc2Cl)cc1. The van der Waals surface area contributed by atoms with Crippen LogP contribution >= 0.6 is 23.4 Å². The van der Waals surface area contributed by atoms with E-state index in [9.17, 15) is 4.79 Å². The Morgan fingerprint density at radius 3 is 2.62 bits per heavy atom. The monoisotopic (exact) mass is 363 g/mol. The van der Waals surface area contributed by atoms with Gasteiger partial charge in [-0.25, -0.2) is 0 Å². The van der Waals surface area contributed by atoms with Gasteiger partial charge in [0.25, 0.3) is 5.91 Å². The maximum absolute atomic E-state index is 12.0. The van der Waals surface area contributed by atoms with Crippen molar-refractivity contribution in [3.63, 3.8) is 0 Å². The first-order valence-electron chi connectivity index (χ1n) is 7.88. The fourth-order valence-electron chi connectivity index (χ4n) is 2.05. The Kier molecular flexibility index (Phi) is 7.47. The van der Waals surface area contributed by atoms with Gasteiger partial charge in [-0.05, 0) is 31.5 Å². The Labute approximate surface area is 152 Å². The first kappa shape index (κ1) is 18.7. The first-order chi connectivity index (χ1) is 11.6. The topological polar surface area (TPSA) is 38.3 Å². The van der Waals surface area contributed by atoms with Gasteiger partial charge in [-0.2, -0.15) is 11.8 Å². The van der Waals surface area contributed by atoms with E-state index in [2.05, 4.69) is 36.5 Å². The molecule has 2 aromatic carbocycles. The molecular weight excluding hydrogens is 342 g/mol. The molecule has 0 aliphatic heterocycles. The Morgan fingerprint density at radius 2 is 1.92 bits per heavy atom. The van der Waals surface area contributed by atoms with Crippen LogP contribution in [0.3, 0.4) is 0 Å². The average molecular weight is 364 g/mol. The van der Waals surface area contributed by atoms with Gasteiger partial charge in [0.1, 0.15) is 5.75 Å². The summed E-state index contributed by atoms with van der Waals surface area (Å²) < 4.78 is 5.59. The summed E-state index contributed by atoms with van der Waals surface area (Å²) in [4.78, 5) is 12.0. The van der Waals surface area contributed by atoms with Gasteiger partial charge in [0.2, 0.25) is 0 Å². The molecule has 1 N–H and O–H groups in total. The molecule has 0 fully saturated rings. The van der Waals surface area contributed by atoms with E-state index in [1.54, 1.807) is 30.8 Å². The molecule has 3 nitrogen and oxygen atoms in total. The quantitative estimate of drug-likeness (QED) is 0.703. The van der Waals surface area contributed by atoms with Gasteiger partial charge in [0.05, 0.1) is 5.02 Å². The molecule has 128 valence electrons. The van der Waals surface area contributed by atoms with Crippen LogP contribution in [0.1, 0.15) is 18.1 Å². The molecule has 0 unspecified atom stereocenters. The third kappa shape index (κ3) is 6.10. The second-order valence-electron chi connectivity index (χ2n) is 5.52. The lowest BCUT2D eigenvalue weighted by molar-refractivity contribution is -0.127. The van der Waals surface area contributed by atoms with Crippen molar-refractivity contribution in [1.29, 1.82) is 0 Å². The van der Waals surface area contributed by atoms with Crippen LogP contribution in [-0.2, 0) is 10.5 Å². The normalized spacial score (nSPS) is 11.8. The number of rotatable bonds is 8. The predicted octanol–water partition coefficient (Wildman–Crippen LogP) is 4.47. The van der Waals surface area contributed by atoms with Gasteiger partial charge in [-0.3, -0.25) is 4.79 Å². The zero-order chi connectivity index (χ0) is 17.4. The van der Waals surface area contributed by atoms with Gasteiger partial charge in [-0.1, -0.05) is 53.6 Å². The second-order valence-corrected chi connectivity index (χ2v) is 7.03. The number of para-hydroxylation sites is 1. The molecule has 5 heteroatoms. The number of carbonyl (C=O) groups is 1. The summed E-state index contributed by atoms with van der Waals surface area (Å²) in [6.45, 7) is 4.42. The van der Waals surface area contributed by atoms with Crippen molar-refractivity contribution in [2.24, 2.45) is 0 Å². The first-order valence-corrected chi connectivity index (χ1v) is 9.41. The standard InChI is InChI=1S/C19H22ClNO2S/c1-14-7-9-16(10-8-14)13-24-12-11-21-19(22)15(2)23-18-6-4-3-5-17(18)20/h3-10,15H,11-13H2,1-2H3,(H,21,22)/t15-/m0/s1. The van der Waals surface area contributed by atoms with E-state index in [4.69, 9.17) is 16.3 Å².